The van der Waals surface area contributed by atoms with Crippen LogP contribution in [0.2, 0.25) is 0 Å². The number of rotatable bonds is 6. The summed E-state index contributed by atoms with van der Waals surface area (Å²) in [5, 5.41) is 6.13. The van der Waals surface area contributed by atoms with Gasteiger partial charge >= 0.3 is 0 Å². The van der Waals surface area contributed by atoms with Crippen molar-refractivity contribution in [2.45, 2.75) is 31.8 Å². The fourth-order valence-corrected chi connectivity index (χ4v) is 5.76. The summed E-state index contributed by atoms with van der Waals surface area (Å²) in [5.74, 6) is 2.63. The average Bonchev–Trinajstić information content (AvgIpc) is 2.73. The third-order valence-corrected chi connectivity index (χ3v) is 6.94. The molecule has 0 aliphatic carbocycles. The highest BCUT2D eigenvalue weighted by Gasteiger charge is 2.24. The molecule has 1 nitrogen and oxygen atoms in total. The zero-order valence-corrected chi connectivity index (χ0v) is 18.4. The highest BCUT2D eigenvalue weighted by molar-refractivity contribution is 7.49. The third-order valence-electron chi connectivity index (χ3n) is 5.40. The maximum Gasteiger partial charge on any atom is 0.145 e. The molecule has 4 rings (SSSR count). The fraction of sp³-hybridized carbons (Fsp3) is 0.179. The normalized spacial score (nSPS) is 11.9. The van der Waals surface area contributed by atoms with Crippen LogP contribution in [-0.2, 0) is 4.79 Å². The first kappa shape index (κ1) is 20.3. The molecule has 30 heavy (non-hydrogen) atoms. The first-order chi connectivity index (χ1) is 14.5. The molecule has 0 aliphatic heterocycles. The third kappa shape index (κ3) is 4.16. The molecule has 0 radical (unpaired) electrons. The van der Waals surface area contributed by atoms with Crippen molar-refractivity contribution >= 4 is 41.2 Å². The summed E-state index contributed by atoms with van der Waals surface area (Å²) in [6.07, 6.45) is 6.06. The van der Waals surface area contributed by atoms with E-state index in [1.807, 2.05) is 0 Å². The molecule has 1 unspecified atom stereocenters. The van der Waals surface area contributed by atoms with E-state index in [-0.39, 0.29) is 17.4 Å². The van der Waals surface area contributed by atoms with E-state index in [4.69, 9.17) is 6.42 Å². The van der Waals surface area contributed by atoms with Gasteiger partial charge < -0.3 is 0 Å². The van der Waals surface area contributed by atoms with Crippen LogP contribution in [0.5, 0.6) is 0 Å². The largest absolute Gasteiger partial charge is 0.299 e. The molecule has 0 saturated carbocycles. The van der Waals surface area contributed by atoms with Crippen LogP contribution in [-0.4, -0.2) is 10.9 Å². The van der Waals surface area contributed by atoms with Crippen molar-refractivity contribution in [2.75, 3.05) is 0 Å². The van der Waals surface area contributed by atoms with E-state index in [2.05, 4.69) is 98.6 Å². The number of hydrogen-bond acceptors (Lipinski definition) is 1. The zero-order chi connectivity index (χ0) is 21.1. The van der Waals surface area contributed by atoms with Gasteiger partial charge in [-0.1, -0.05) is 107 Å². The zero-order valence-electron chi connectivity index (χ0n) is 17.4. The van der Waals surface area contributed by atoms with Gasteiger partial charge in [-0.2, -0.15) is 0 Å². The summed E-state index contributed by atoms with van der Waals surface area (Å²) in [6, 6.07) is 28.0. The number of hydrogen-bond donors (Lipinski definition) is 0. The van der Waals surface area contributed by atoms with Crippen molar-refractivity contribution < 1.29 is 4.79 Å². The number of terminal acetylenes is 1. The van der Waals surface area contributed by atoms with Crippen molar-refractivity contribution in [3.63, 3.8) is 0 Å². The van der Waals surface area contributed by atoms with E-state index in [0.29, 0.717) is 15.0 Å². The highest BCUT2D eigenvalue weighted by Crippen LogP contribution is 2.41. The van der Waals surface area contributed by atoms with Crippen LogP contribution < -0.4 is 5.30 Å². The minimum Gasteiger partial charge on any atom is -0.299 e. The van der Waals surface area contributed by atoms with Crippen LogP contribution in [0.3, 0.4) is 0 Å². The number of carbonyl (C=O) groups is 1. The van der Waals surface area contributed by atoms with Crippen LogP contribution in [0.25, 0.3) is 32.7 Å². The van der Waals surface area contributed by atoms with Crippen molar-refractivity contribution in [2.24, 2.45) is 0 Å². The first-order valence-corrected chi connectivity index (χ1v) is 11.2. The minimum atomic E-state index is -0.143. The predicted octanol–water partition coefficient (Wildman–Crippen LogP) is 6.72. The summed E-state index contributed by atoms with van der Waals surface area (Å²) in [5.41, 5.74) is 2.53. The van der Waals surface area contributed by atoms with Gasteiger partial charge in [0, 0.05) is 6.42 Å². The second-order valence-corrected chi connectivity index (χ2v) is 10.5. The van der Waals surface area contributed by atoms with E-state index in [1.165, 1.54) is 38.0 Å². The number of Topliss-reactive ketones (excluding diaryl/α,β-unsaturated/α-hetero) is 1. The van der Waals surface area contributed by atoms with E-state index in [0.717, 1.165) is 0 Å². The van der Waals surface area contributed by atoms with Gasteiger partial charge in [0.15, 0.2) is 0 Å². The Kier molecular flexibility index (Phi) is 5.72. The molecule has 4 aromatic rings. The molecule has 0 aromatic heterocycles. The second kappa shape index (κ2) is 8.43. The standard InChI is InChI=1S/C28H25OP/c1-4-10-22(29)19-28(2,3)30-26-18-17-21-12-6-8-15-24(21)27(26)25-16-9-13-20-11-5-7-14-23(20)25/h1,5-9,11-18,30H,10,19H2,2-3H3. The maximum absolute atomic E-state index is 12.3. The molecular formula is C28H25OP. The smallest absolute Gasteiger partial charge is 0.145 e. The molecule has 0 bridgehead atoms. The quantitative estimate of drug-likeness (QED) is 0.255. The Morgan fingerprint density at radius 1 is 0.867 bits per heavy atom. The van der Waals surface area contributed by atoms with E-state index in [9.17, 15) is 4.79 Å². The summed E-state index contributed by atoms with van der Waals surface area (Å²) in [7, 11) is 0.498. The Bertz CT molecular complexity index is 1270. The number of fused-ring (bicyclic) bond motifs is 2. The Morgan fingerprint density at radius 3 is 2.23 bits per heavy atom. The van der Waals surface area contributed by atoms with Gasteiger partial charge in [-0.15, -0.1) is 6.42 Å². The summed E-state index contributed by atoms with van der Waals surface area (Å²) >= 11 is 0. The van der Waals surface area contributed by atoms with Gasteiger partial charge in [0.05, 0.1) is 6.42 Å². The van der Waals surface area contributed by atoms with Gasteiger partial charge in [0.1, 0.15) is 5.78 Å². The predicted molar refractivity (Wildman–Crippen MR) is 132 cm³/mol. The molecule has 0 heterocycles. The Morgan fingerprint density at radius 2 is 1.50 bits per heavy atom. The molecule has 148 valence electrons. The summed E-state index contributed by atoms with van der Waals surface area (Å²) in [4.78, 5) is 12.3. The molecular weight excluding hydrogens is 383 g/mol. The maximum atomic E-state index is 12.3. The molecule has 0 spiro atoms. The van der Waals surface area contributed by atoms with Crippen LogP contribution >= 0.6 is 8.58 Å². The number of carbonyl (C=O) groups excluding carboxylic acids is 1. The van der Waals surface area contributed by atoms with E-state index >= 15 is 0 Å². The first-order valence-electron chi connectivity index (χ1n) is 10.2. The number of benzene rings is 4. The van der Waals surface area contributed by atoms with Gasteiger partial charge in [0.2, 0.25) is 0 Å². The lowest BCUT2D eigenvalue weighted by atomic mass is 9.94. The van der Waals surface area contributed by atoms with Crippen molar-refractivity contribution in [3.8, 4) is 23.5 Å². The van der Waals surface area contributed by atoms with Crippen LogP contribution in [0.1, 0.15) is 26.7 Å². The molecule has 0 amide bonds. The van der Waals surface area contributed by atoms with Gasteiger partial charge in [-0.25, -0.2) is 0 Å². The summed E-state index contributed by atoms with van der Waals surface area (Å²) in [6.45, 7) is 4.34. The van der Waals surface area contributed by atoms with Crippen LogP contribution in [0, 0.1) is 12.3 Å². The minimum absolute atomic E-state index is 0.141. The molecule has 2 heteroatoms. The fourth-order valence-electron chi connectivity index (χ4n) is 4.19. The second-order valence-electron chi connectivity index (χ2n) is 8.34. The molecule has 1 atom stereocenters. The van der Waals surface area contributed by atoms with Gasteiger partial charge in [-0.3, -0.25) is 4.79 Å². The van der Waals surface area contributed by atoms with Crippen molar-refractivity contribution in [1.82, 2.24) is 0 Å². The van der Waals surface area contributed by atoms with Crippen molar-refractivity contribution in [3.05, 3.63) is 78.9 Å². The number of ketones is 1. The lowest BCUT2D eigenvalue weighted by molar-refractivity contribution is -0.118. The molecule has 4 aromatic carbocycles. The molecule has 0 N–H and O–H groups in total. The van der Waals surface area contributed by atoms with Crippen LogP contribution in [0.15, 0.2) is 78.9 Å². The van der Waals surface area contributed by atoms with E-state index < -0.39 is 0 Å². The van der Waals surface area contributed by atoms with Gasteiger partial charge in [0.25, 0.3) is 0 Å². The summed E-state index contributed by atoms with van der Waals surface area (Å²) < 4.78 is 0. The Hall–Kier alpha value is -2.94. The molecule has 0 fully saturated rings. The van der Waals surface area contributed by atoms with E-state index in [1.54, 1.807) is 0 Å². The molecule has 0 saturated heterocycles. The highest BCUT2D eigenvalue weighted by atomic mass is 31.1. The Balaban J connectivity index is 1.90. The topological polar surface area (TPSA) is 17.1 Å². The van der Waals surface area contributed by atoms with Crippen molar-refractivity contribution in [1.29, 1.82) is 0 Å². The monoisotopic (exact) mass is 408 g/mol. The average molecular weight is 408 g/mol. The molecule has 0 aliphatic rings. The lowest BCUT2D eigenvalue weighted by Gasteiger charge is -2.26. The SMILES string of the molecule is C#CCC(=O)CC(C)(C)Pc1ccc2ccccc2c1-c1cccc2ccccc12. The van der Waals surface area contributed by atoms with Crippen LogP contribution in [0.4, 0.5) is 0 Å². The van der Waals surface area contributed by atoms with Gasteiger partial charge in [-0.05, 0) is 43.1 Å². The Labute approximate surface area is 180 Å². The lowest BCUT2D eigenvalue weighted by Crippen LogP contribution is -2.22.